The van der Waals surface area contributed by atoms with Crippen LogP contribution in [0.15, 0.2) is 18.7 Å². The Morgan fingerprint density at radius 3 is 2.61 bits per heavy atom. The first-order chi connectivity index (χ1) is 8.66. The smallest absolute Gasteiger partial charge is 0.232 e. The maximum Gasteiger partial charge on any atom is 0.232 e. The first-order valence-corrected chi connectivity index (χ1v) is 7.80. The molecular weight excluding hydrogens is 252 g/mol. The maximum atomic E-state index is 11.7. The zero-order valence-corrected chi connectivity index (χ0v) is 11.0. The van der Waals surface area contributed by atoms with E-state index >= 15 is 0 Å². The molecule has 1 saturated carbocycles. The van der Waals surface area contributed by atoms with E-state index in [-0.39, 0.29) is 5.75 Å². The van der Waals surface area contributed by atoms with Crippen LogP contribution in [-0.4, -0.2) is 36.7 Å². The lowest BCUT2D eigenvalue weighted by Crippen LogP contribution is -2.20. The molecule has 0 radical (unpaired) electrons. The molecule has 1 aromatic rings. The monoisotopic (exact) mass is 270 g/mol. The van der Waals surface area contributed by atoms with Gasteiger partial charge in [0.25, 0.3) is 0 Å². The Labute approximate surface area is 107 Å². The predicted molar refractivity (Wildman–Crippen MR) is 69.7 cm³/mol. The van der Waals surface area contributed by atoms with Crippen molar-refractivity contribution in [3.8, 4) is 0 Å². The summed E-state index contributed by atoms with van der Waals surface area (Å²) in [7, 11) is -3.28. The van der Waals surface area contributed by atoms with Crippen LogP contribution in [-0.2, 0) is 10.0 Å². The molecule has 1 aromatic heterocycles. The van der Waals surface area contributed by atoms with Gasteiger partial charge in [0.1, 0.15) is 6.33 Å². The fourth-order valence-corrected chi connectivity index (χ4v) is 2.74. The summed E-state index contributed by atoms with van der Waals surface area (Å²) in [4.78, 5) is 7.51. The fraction of sp³-hybridized carbons (Fsp3) is 0.636. The van der Waals surface area contributed by atoms with Crippen molar-refractivity contribution in [2.24, 2.45) is 0 Å². The third-order valence-corrected chi connectivity index (χ3v) is 4.06. The average molecular weight is 270 g/mol. The van der Waals surface area contributed by atoms with Crippen LogP contribution < -0.4 is 10.0 Å². The van der Waals surface area contributed by atoms with Crippen LogP contribution in [0.4, 0.5) is 5.69 Å². The molecule has 0 bridgehead atoms. The molecule has 0 atom stereocenters. The van der Waals surface area contributed by atoms with E-state index in [1.54, 1.807) is 0 Å². The second-order valence-electron chi connectivity index (χ2n) is 4.48. The third-order valence-electron chi connectivity index (χ3n) is 2.68. The van der Waals surface area contributed by atoms with Crippen molar-refractivity contribution in [3.63, 3.8) is 0 Å². The van der Waals surface area contributed by atoms with Gasteiger partial charge in [0, 0.05) is 6.04 Å². The van der Waals surface area contributed by atoms with Gasteiger partial charge >= 0.3 is 0 Å². The topological polar surface area (TPSA) is 84.0 Å². The van der Waals surface area contributed by atoms with Crippen LogP contribution >= 0.6 is 0 Å². The minimum atomic E-state index is -3.28. The van der Waals surface area contributed by atoms with E-state index in [2.05, 4.69) is 20.0 Å². The van der Waals surface area contributed by atoms with Crippen molar-refractivity contribution >= 4 is 15.7 Å². The van der Waals surface area contributed by atoms with Gasteiger partial charge in [0.2, 0.25) is 10.0 Å². The summed E-state index contributed by atoms with van der Waals surface area (Å²) in [6, 6.07) is 0.682. The second-order valence-corrected chi connectivity index (χ2v) is 6.33. The Morgan fingerprint density at radius 1 is 1.22 bits per heavy atom. The summed E-state index contributed by atoms with van der Waals surface area (Å²) in [5.74, 6) is 0.133. The van der Waals surface area contributed by atoms with Gasteiger partial charge in [0.05, 0.1) is 23.8 Å². The lowest BCUT2D eigenvalue weighted by Gasteiger charge is -2.07. The van der Waals surface area contributed by atoms with Gasteiger partial charge in [-0.3, -0.25) is 4.72 Å². The maximum absolute atomic E-state index is 11.7. The Morgan fingerprint density at radius 2 is 1.94 bits per heavy atom. The first-order valence-electron chi connectivity index (χ1n) is 6.15. The van der Waals surface area contributed by atoms with Gasteiger partial charge in [-0.15, -0.1) is 0 Å². The van der Waals surface area contributed by atoms with Gasteiger partial charge in [-0.2, -0.15) is 0 Å². The number of hydrogen-bond acceptors (Lipinski definition) is 5. The Balaban J connectivity index is 1.66. The number of nitrogens with one attached hydrogen (secondary N) is 2. The average Bonchev–Trinajstić information content (AvgIpc) is 3.13. The molecule has 0 spiro atoms. The Hall–Kier alpha value is -1.21. The van der Waals surface area contributed by atoms with Crippen LogP contribution in [0.5, 0.6) is 0 Å². The molecule has 6 nitrogen and oxygen atoms in total. The molecule has 0 amide bonds. The lowest BCUT2D eigenvalue weighted by atomic mass is 10.3. The molecule has 100 valence electrons. The van der Waals surface area contributed by atoms with Crippen molar-refractivity contribution in [2.75, 3.05) is 17.0 Å². The summed E-state index contributed by atoms with van der Waals surface area (Å²) >= 11 is 0. The van der Waals surface area contributed by atoms with E-state index in [1.165, 1.54) is 31.6 Å². The molecule has 0 saturated heterocycles. The zero-order valence-electron chi connectivity index (χ0n) is 10.2. The number of hydrogen-bond donors (Lipinski definition) is 2. The number of aromatic nitrogens is 2. The minimum absolute atomic E-state index is 0.133. The molecule has 7 heteroatoms. The molecule has 1 heterocycles. The van der Waals surface area contributed by atoms with E-state index in [9.17, 15) is 8.42 Å². The van der Waals surface area contributed by atoms with E-state index in [0.29, 0.717) is 18.2 Å². The Kier molecular flexibility index (Phi) is 4.48. The van der Waals surface area contributed by atoms with Crippen molar-refractivity contribution in [1.82, 2.24) is 15.3 Å². The van der Waals surface area contributed by atoms with Crippen LogP contribution in [0.2, 0.25) is 0 Å². The third kappa shape index (κ3) is 4.97. The van der Waals surface area contributed by atoms with Crippen molar-refractivity contribution in [2.45, 2.75) is 31.7 Å². The van der Waals surface area contributed by atoms with Gasteiger partial charge in [-0.1, -0.05) is 0 Å². The van der Waals surface area contributed by atoms with E-state index in [0.717, 1.165) is 13.0 Å². The van der Waals surface area contributed by atoms with Gasteiger partial charge in [-0.25, -0.2) is 18.4 Å². The van der Waals surface area contributed by atoms with Crippen molar-refractivity contribution in [1.29, 1.82) is 0 Å². The highest BCUT2D eigenvalue weighted by atomic mass is 32.2. The standard InChI is InChI=1S/C11H18N4O2S/c16-18(17,15-11-7-12-9-13-8-11)6-2-1-5-14-10-3-4-10/h7-10,14-15H,1-6H2. The first kappa shape index (κ1) is 13.2. The zero-order chi connectivity index (χ0) is 12.8. The highest BCUT2D eigenvalue weighted by Crippen LogP contribution is 2.18. The molecule has 1 fully saturated rings. The highest BCUT2D eigenvalue weighted by molar-refractivity contribution is 7.92. The largest absolute Gasteiger partial charge is 0.314 e. The summed E-state index contributed by atoms with van der Waals surface area (Å²) in [5.41, 5.74) is 0.411. The van der Waals surface area contributed by atoms with Crippen LogP contribution in [0, 0.1) is 0 Å². The number of rotatable bonds is 8. The van der Waals surface area contributed by atoms with E-state index < -0.39 is 10.0 Å². The predicted octanol–water partition coefficient (Wildman–Crippen LogP) is 0.750. The van der Waals surface area contributed by atoms with Crippen LogP contribution in [0.25, 0.3) is 0 Å². The van der Waals surface area contributed by atoms with Gasteiger partial charge in [-0.05, 0) is 32.2 Å². The molecular formula is C11H18N4O2S. The summed E-state index contributed by atoms with van der Waals surface area (Å²) < 4.78 is 25.9. The normalized spacial score (nSPS) is 15.6. The SMILES string of the molecule is O=S(=O)(CCCCNC1CC1)Nc1cncnc1. The summed E-state index contributed by atoms with van der Waals surface area (Å²) in [6.07, 6.45) is 8.30. The van der Waals surface area contributed by atoms with E-state index in [4.69, 9.17) is 0 Å². The molecule has 1 aliphatic carbocycles. The molecule has 0 aromatic carbocycles. The van der Waals surface area contributed by atoms with Crippen LogP contribution in [0.1, 0.15) is 25.7 Å². The minimum Gasteiger partial charge on any atom is -0.314 e. The number of nitrogens with zero attached hydrogens (tertiary/aromatic N) is 2. The van der Waals surface area contributed by atoms with Gasteiger partial charge < -0.3 is 5.32 Å². The van der Waals surface area contributed by atoms with Crippen molar-refractivity contribution in [3.05, 3.63) is 18.7 Å². The number of unbranched alkanes of at least 4 members (excludes halogenated alkanes) is 1. The Bertz CT molecular complexity index is 459. The highest BCUT2D eigenvalue weighted by Gasteiger charge is 2.19. The number of anilines is 1. The summed E-state index contributed by atoms with van der Waals surface area (Å²) in [6.45, 7) is 0.897. The number of sulfonamides is 1. The molecule has 1 aliphatic rings. The lowest BCUT2D eigenvalue weighted by molar-refractivity contribution is 0.591. The van der Waals surface area contributed by atoms with E-state index in [1.807, 2.05) is 0 Å². The molecule has 0 aliphatic heterocycles. The van der Waals surface area contributed by atoms with Crippen LogP contribution in [0.3, 0.4) is 0 Å². The molecule has 18 heavy (non-hydrogen) atoms. The molecule has 0 unspecified atom stereocenters. The fourth-order valence-electron chi connectivity index (χ4n) is 1.59. The van der Waals surface area contributed by atoms with Crippen molar-refractivity contribution < 1.29 is 8.42 Å². The molecule has 2 N–H and O–H groups in total. The quantitative estimate of drug-likeness (QED) is 0.681. The molecule has 2 rings (SSSR count). The summed E-state index contributed by atoms with van der Waals surface area (Å²) in [5, 5.41) is 3.36. The second kappa shape index (κ2) is 6.10. The van der Waals surface area contributed by atoms with Gasteiger partial charge in [0.15, 0.2) is 0 Å².